The second-order valence-electron chi connectivity index (χ2n) is 3.74. The molecule has 0 bridgehead atoms. The molecule has 1 aliphatic heterocycles. The van der Waals surface area contributed by atoms with E-state index in [2.05, 4.69) is 15.6 Å². The maximum absolute atomic E-state index is 11.6. The third-order valence-corrected chi connectivity index (χ3v) is 3.31. The first kappa shape index (κ1) is 11.1. The molecule has 6 heteroatoms. The molecule has 1 fully saturated rings. The average Bonchev–Trinajstić information content (AvgIpc) is 2.84. The molecular weight excluding hydrogens is 226 g/mol. The number of thiazole rings is 1. The van der Waals surface area contributed by atoms with Crippen molar-refractivity contribution >= 4 is 23.2 Å². The van der Waals surface area contributed by atoms with Gasteiger partial charge in [0.1, 0.15) is 11.0 Å². The van der Waals surface area contributed by atoms with Gasteiger partial charge in [-0.15, -0.1) is 11.3 Å². The minimum Gasteiger partial charge on any atom is -0.348 e. The number of carbonyl (C=O) groups is 2. The van der Waals surface area contributed by atoms with Crippen molar-refractivity contribution in [2.75, 3.05) is 0 Å². The lowest BCUT2D eigenvalue weighted by molar-refractivity contribution is -0.125. The minimum absolute atomic E-state index is 0.0507. The van der Waals surface area contributed by atoms with E-state index < -0.39 is 0 Å². The largest absolute Gasteiger partial charge is 0.348 e. The summed E-state index contributed by atoms with van der Waals surface area (Å²) in [6.07, 6.45) is 2.81. The number of nitrogens with zero attached hydrogens (tertiary/aromatic N) is 1. The second kappa shape index (κ2) is 4.61. The maximum Gasteiger partial charge on any atom is 0.242 e. The van der Waals surface area contributed by atoms with Crippen LogP contribution >= 0.6 is 11.3 Å². The van der Waals surface area contributed by atoms with Gasteiger partial charge in [-0.1, -0.05) is 0 Å². The van der Waals surface area contributed by atoms with Gasteiger partial charge in [-0.05, 0) is 13.3 Å². The highest BCUT2D eigenvalue weighted by Crippen LogP contribution is 2.11. The van der Waals surface area contributed by atoms with Gasteiger partial charge < -0.3 is 10.6 Å². The van der Waals surface area contributed by atoms with Crippen LogP contribution in [0.25, 0.3) is 0 Å². The van der Waals surface area contributed by atoms with Gasteiger partial charge in [0.25, 0.3) is 0 Å². The monoisotopic (exact) mass is 239 g/mol. The number of aromatic nitrogens is 1. The van der Waals surface area contributed by atoms with E-state index in [4.69, 9.17) is 0 Å². The lowest BCUT2D eigenvalue weighted by Gasteiger charge is -2.09. The molecule has 2 N–H and O–H groups in total. The molecular formula is C10H13N3O2S. The van der Waals surface area contributed by atoms with Crippen molar-refractivity contribution in [1.29, 1.82) is 0 Å². The van der Waals surface area contributed by atoms with E-state index in [1.807, 2.05) is 6.92 Å². The number of hydrogen-bond donors (Lipinski definition) is 2. The zero-order chi connectivity index (χ0) is 11.5. The van der Waals surface area contributed by atoms with Gasteiger partial charge in [0.05, 0.1) is 6.54 Å². The Morgan fingerprint density at radius 3 is 3.12 bits per heavy atom. The van der Waals surface area contributed by atoms with E-state index in [1.165, 1.54) is 0 Å². The quantitative estimate of drug-likeness (QED) is 0.799. The van der Waals surface area contributed by atoms with Crippen LogP contribution in [0.3, 0.4) is 0 Å². The Bertz CT molecular complexity index is 416. The molecule has 1 atom stereocenters. The molecule has 16 heavy (non-hydrogen) atoms. The number of amides is 2. The van der Waals surface area contributed by atoms with Gasteiger partial charge in [-0.2, -0.15) is 0 Å². The third kappa shape index (κ3) is 2.57. The van der Waals surface area contributed by atoms with Crippen LogP contribution in [0, 0.1) is 6.92 Å². The highest BCUT2D eigenvalue weighted by Gasteiger charge is 2.26. The second-order valence-corrected chi connectivity index (χ2v) is 5.06. The SMILES string of the molecule is Cc1cnc(CNC(=O)C2CCC(=O)N2)s1. The third-order valence-electron chi connectivity index (χ3n) is 2.39. The van der Waals surface area contributed by atoms with Crippen LogP contribution in [0.5, 0.6) is 0 Å². The van der Waals surface area contributed by atoms with E-state index in [0.717, 1.165) is 9.88 Å². The molecule has 5 nitrogen and oxygen atoms in total. The fraction of sp³-hybridized carbons (Fsp3) is 0.500. The molecule has 1 aromatic rings. The summed E-state index contributed by atoms with van der Waals surface area (Å²) in [5, 5.41) is 6.28. The summed E-state index contributed by atoms with van der Waals surface area (Å²) < 4.78 is 0. The Hall–Kier alpha value is -1.43. The topological polar surface area (TPSA) is 71.1 Å². The highest BCUT2D eigenvalue weighted by molar-refractivity contribution is 7.11. The summed E-state index contributed by atoms with van der Waals surface area (Å²) in [5.74, 6) is -0.177. The van der Waals surface area contributed by atoms with E-state index in [0.29, 0.717) is 19.4 Å². The summed E-state index contributed by atoms with van der Waals surface area (Å²) >= 11 is 1.56. The predicted octanol–water partition coefficient (Wildman–Crippen LogP) is 0.346. The van der Waals surface area contributed by atoms with Gasteiger partial charge in [-0.3, -0.25) is 9.59 Å². The molecule has 0 aromatic carbocycles. The molecule has 0 saturated carbocycles. The molecule has 0 spiro atoms. The van der Waals surface area contributed by atoms with Crippen molar-refractivity contribution in [2.24, 2.45) is 0 Å². The maximum atomic E-state index is 11.6. The van der Waals surface area contributed by atoms with Crippen molar-refractivity contribution < 1.29 is 9.59 Å². The van der Waals surface area contributed by atoms with Crippen LogP contribution in [0.1, 0.15) is 22.7 Å². The van der Waals surface area contributed by atoms with Crippen LogP contribution in [0.15, 0.2) is 6.20 Å². The van der Waals surface area contributed by atoms with Gasteiger partial charge >= 0.3 is 0 Å². The van der Waals surface area contributed by atoms with Crippen LogP contribution in [-0.2, 0) is 16.1 Å². The summed E-state index contributed by atoms with van der Waals surface area (Å²) in [6, 6.07) is -0.367. The first-order chi connectivity index (χ1) is 7.65. The number of nitrogens with one attached hydrogen (secondary N) is 2. The molecule has 1 saturated heterocycles. The molecule has 1 aliphatic rings. The van der Waals surface area contributed by atoms with Crippen LogP contribution in [0.2, 0.25) is 0 Å². The fourth-order valence-corrected chi connectivity index (χ4v) is 2.31. The predicted molar refractivity (Wildman–Crippen MR) is 59.9 cm³/mol. The number of hydrogen-bond acceptors (Lipinski definition) is 4. The molecule has 0 radical (unpaired) electrons. The first-order valence-electron chi connectivity index (χ1n) is 5.13. The average molecular weight is 239 g/mol. The molecule has 0 aliphatic carbocycles. The summed E-state index contributed by atoms with van der Waals surface area (Å²) in [7, 11) is 0. The van der Waals surface area contributed by atoms with Gasteiger partial charge in [0.15, 0.2) is 0 Å². The Labute approximate surface area is 97.3 Å². The Morgan fingerprint density at radius 2 is 2.56 bits per heavy atom. The van der Waals surface area contributed by atoms with Crippen molar-refractivity contribution in [3.05, 3.63) is 16.1 Å². The molecule has 2 heterocycles. The fourth-order valence-electron chi connectivity index (χ4n) is 1.58. The Kier molecular flexibility index (Phi) is 3.19. The first-order valence-corrected chi connectivity index (χ1v) is 5.95. The van der Waals surface area contributed by atoms with E-state index in [1.54, 1.807) is 17.5 Å². The normalized spacial score (nSPS) is 19.6. The zero-order valence-corrected chi connectivity index (χ0v) is 9.76. The number of aryl methyl sites for hydroxylation is 1. The van der Waals surface area contributed by atoms with Crippen LogP contribution in [0.4, 0.5) is 0 Å². The van der Waals surface area contributed by atoms with Crippen molar-refractivity contribution in [3.8, 4) is 0 Å². The lowest BCUT2D eigenvalue weighted by Crippen LogP contribution is -2.41. The molecule has 1 aromatic heterocycles. The van der Waals surface area contributed by atoms with E-state index >= 15 is 0 Å². The summed E-state index contributed by atoms with van der Waals surface area (Å²) in [5.41, 5.74) is 0. The van der Waals surface area contributed by atoms with Crippen LogP contribution in [-0.4, -0.2) is 22.8 Å². The Balaban J connectivity index is 1.82. The molecule has 2 rings (SSSR count). The van der Waals surface area contributed by atoms with Crippen molar-refractivity contribution in [2.45, 2.75) is 32.4 Å². The molecule has 1 unspecified atom stereocenters. The Morgan fingerprint density at radius 1 is 1.75 bits per heavy atom. The zero-order valence-electron chi connectivity index (χ0n) is 8.95. The summed E-state index contributed by atoms with van der Waals surface area (Å²) in [6.45, 7) is 2.41. The molecule has 2 amide bonds. The number of carbonyl (C=O) groups excluding carboxylic acids is 2. The molecule has 86 valence electrons. The van der Waals surface area contributed by atoms with Crippen molar-refractivity contribution in [1.82, 2.24) is 15.6 Å². The van der Waals surface area contributed by atoms with E-state index in [-0.39, 0.29) is 17.9 Å². The van der Waals surface area contributed by atoms with Crippen molar-refractivity contribution in [3.63, 3.8) is 0 Å². The van der Waals surface area contributed by atoms with Crippen LogP contribution < -0.4 is 10.6 Å². The highest BCUT2D eigenvalue weighted by atomic mass is 32.1. The van der Waals surface area contributed by atoms with Gasteiger partial charge in [0.2, 0.25) is 11.8 Å². The smallest absolute Gasteiger partial charge is 0.242 e. The minimum atomic E-state index is -0.367. The standard InChI is InChI=1S/C10H13N3O2S/c1-6-4-11-9(16-6)5-12-10(15)7-2-3-8(14)13-7/h4,7H,2-3,5H2,1H3,(H,12,15)(H,13,14). The van der Waals surface area contributed by atoms with E-state index in [9.17, 15) is 9.59 Å². The summed E-state index contributed by atoms with van der Waals surface area (Å²) in [4.78, 5) is 27.8. The lowest BCUT2D eigenvalue weighted by atomic mass is 10.2. The van der Waals surface area contributed by atoms with Gasteiger partial charge in [0, 0.05) is 17.5 Å². The van der Waals surface area contributed by atoms with Gasteiger partial charge in [-0.25, -0.2) is 4.98 Å². The number of rotatable bonds is 3.